The summed E-state index contributed by atoms with van der Waals surface area (Å²) in [5.41, 5.74) is 1.14. The quantitative estimate of drug-likeness (QED) is 0.854. The Morgan fingerprint density at radius 1 is 1.57 bits per heavy atom. The predicted octanol–water partition coefficient (Wildman–Crippen LogP) is 2.05. The van der Waals surface area contributed by atoms with E-state index in [0.717, 1.165) is 37.5 Å². The van der Waals surface area contributed by atoms with E-state index >= 15 is 0 Å². The van der Waals surface area contributed by atoms with Gasteiger partial charge < -0.3 is 14.6 Å². The number of aromatic nitrogens is 4. The molecule has 2 N–H and O–H groups in total. The molecule has 0 amide bonds. The number of aromatic amines is 1. The highest BCUT2D eigenvalue weighted by molar-refractivity contribution is 5.10. The Balaban J connectivity index is 1.59. The zero-order valence-corrected chi connectivity index (χ0v) is 12.6. The molecule has 6 heteroatoms. The normalized spacial score (nSPS) is 23.5. The Morgan fingerprint density at radius 3 is 3.24 bits per heavy atom. The Labute approximate surface area is 124 Å². The Kier molecular flexibility index (Phi) is 4.36. The summed E-state index contributed by atoms with van der Waals surface area (Å²) in [6.07, 6.45) is 8.91. The fourth-order valence-corrected chi connectivity index (χ4v) is 3.02. The van der Waals surface area contributed by atoms with Crippen LogP contribution in [-0.4, -0.2) is 32.9 Å². The molecule has 1 aliphatic rings. The van der Waals surface area contributed by atoms with E-state index in [1.807, 2.05) is 24.8 Å². The van der Waals surface area contributed by atoms with Gasteiger partial charge in [0.25, 0.3) is 0 Å². The monoisotopic (exact) mass is 289 g/mol. The van der Waals surface area contributed by atoms with Crippen molar-refractivity contribution < 1.29 is 4.74 Å². The molecule has 3 rings (SSSR count). The number of ether oxygens (including phenoxy) is 1. The van der Waals surface area contributed by atoms with Crippen molar-refractivity contribution in [3.05, 3.63) is 36.2 Å². The first-order chi connectivity index (χ1) is 10.3. The van der Waals surface area contributed by atoms with Gasteiger partial charge in [-0.1, -0.05) is 0 Å². The van der Waals surface area contributed by atoms with Gasteiger partial charge >= 0.3 is 0 Å². The van der Waals surface area contributed by atoms with Crippen molar-refractivity contribution in [2.24, 2.45) is 5.92 Å². The number of aryl methyl sites for hydroxylation is 1. The molecule has 114 valence electrons. The highest BCUT2D eigenvalue weighted by atomic mass is 16.5. The first kappa shape index (κ1) is 14.3. The summed E-state index contributed by atoms with van der Waals surface area (Å²) < 4.78 is 8.03. The fourth-order valence-electron chi connectivity index (χ4n) is 3.02. The average molecular weight is 289 g/mol. The van der Waals surface area contributed by atoms with Crippen molar-refractivity contribution in [1.29, 1.82) is 0 Å². The van der Waals surface area contributed by atoms with Crippen molar-refractivity contribution >= 4 is 0 Å². The zero-order chi connectivity index (χ0) is 14.7. The number of H-pyrrole nitrogens is 1. The van der Waals surface area contributed by atoms with Gasteiger partial charge in [0.15, 0.2) is 0 Å². The van der Waals surface area contributed by atoms with Gasteiger partial charge in [0, 0.05) is 49.8 Å². The summed E-state index contributed by atoms with van der Waals surface area (Å²) in [5.74, 6) is 1.58. The summed E-state index contributed by atoms with van der Waals surface area (Å²) in [7, 11) is 0. The van der Waals surface area contributed by atoms with E-state index < -0.39 is 0 Å². The minimum Gasteiger partial charge on any atom is -0.373 e. The third kappa shape index (κ3) is 3.01. The highest BCUT2D eigenvalue weighted by Gasteiger charge is 2.30. The van der Waals surface area contributed by atoms with Crippen molar-refractivity contribution in [1.82, 2.24) is 25.1 Å². The molecule has 21 heavy (non-hydrogen) atoms. The van der Waals surface area contributed by atoms with Crippen LogP contribution in [0.25, 0.3) is 0 Å². The van der Waals surface area contributed by atoms with Gasteiger partial charge in [-0.05, 0) is 20.3 Å². The number of hydrogen-bond donors (Lipinski definition) is 2. The first-order valence-electron chi connectivity index (χ1n) is 7.64. The minimum absolute atomic E-state index is 0.148. The van der Waals surface area contributed by atoms with E-state index in [4.69, 9.17) is 4.74 Å². The molecule has 0 saturated carbocycles. The van der Waals surface area contributed by atoms with Crippen LogP contribution < -0.4 is 5.32 Å². The number of rotatable bonds is 6. The summed E-state index contributed by atoms with van der Waals surface area (Å²) in [4.78, 5) is 4.46. The van der Waals surface area contributed by atoms with Gasteiger partial charge in [-0.25, -0.2) is 4.98 Å². The molecule has 2 aromatic heterocycles. The van der Waals surface area contributed by atoms with Gasteiger partial charge in [-0.15, -0.1) is 0 Å². The third-order valence-electron chi connectivity index (χ3n) is 4.22. The first-order valence-corrected chi connectivity index (χ1v) is 7.64. The molecule has 6 nitrogen and oxygen atoms in total. The second-order valence-corrected chi connectivity index (χ2v) is 5.57. The fraction of sp³-hybridized carbons (Fsp3) is 0.600. The predicted molar refractivity (Wildman–Crippen MR) is 79.7 cm³/mol. The molecular formula is C15H23N5O. The Hall–Kier alpha value is -1.66. The average Bonchev–Trinajstić information content (AvgIpc) is 3.23. The van der Waals surface area contributed by atoms with Gasteiger partial charge in [0.05, 0.1) is 18.3 Å². The van der Waals surface area contributed by atoms with E-state index in [9.17, 15) is 0 Å². The maximum Gasteiger partial charge on any atom is 0.125 e. The molecule has 1 unspecified atom stereocenters. The molecule has 1 saturated heterocycles. The molecule has 2 aromatic rings. The number of hydrogen-bond acceptors (Lipinski definition) is 4. The standard InChI is InChI=1S/C15H23N5O/c1-3-20-6-5-16-15(20)11(2)17-8-12-4-7-21-14(12)13-9-18-19-10-13/h5-6,9-12,14,17H,3-4,7-8H2,1-2H3,(H,18,19)/t11?,12-,14+/m1/s1. The van der Waals surface area contributed by atoms with Crippen LogP contribution in [0.1, 0.15) is 43.8 Å². The van der Waals surface area contributed by atoms with Gasteiger partial charge in [0.1, 0.15) is 5.82 Å². The topological polar surface area (TPSA) is 67.8 Å². The Bertz CT molecular complexity index is 550. The van der Waals surface area contributed by atoms with Crippen LogP contribution in [0, 0.1) is 5.92 Å². The lowest BCUT2D eigenvalue weighted by molar-refractivity contribution is 0.0898. The van der Waals surface area contributed by atoms with E-state index in [1.54, 1.807) is 0 Å². The molecule has 0 bridgehead atoms. The maximum absolute atomic E-state index is 5.86. The largest absolute Gasteiger partial charge is 0.373 e. The lowest BCUT2D eigenvalue weighted by Gasteiger charge is -2.21. The second kappa shape index (κ2) is 6.41. The smallest absolute Gasteiger partial charge is 0.125 e. The van der Waals surface area contributed by atoms with E-state index in [2.05, 4.69) is 38.9 Å². The van der Waals surface area contributed by atoms with Crippen molar-refractivity contribution in [3.63, 3.8) is 0 Å². The zero-order valence-electron chi connectivity index (χ0n) is 12.6. The summed E-state index contributed by atoms with van der Waals surface area (Å²) >= 11 is 0. The van der Waals surface area contributed by atoms with Crippen LogP contribution in [0.3, 0.4) is 0 Å². The Morgan fingerprint density at radius 2 is 2.48 bits per heavy atom. The molecule has 1 fully saturated rings. The summed E-state index contributed by atoms with van der Waals surface area (Å²) in [5, 5.41) is 10.5. The highest BCUT2D eigenvalue weighted by Crippen LogP contribution is 2.33. The van der Waals surface area contributed by atoms with Crippen molar-refractivity contribution in [3.8, 4) is 0 Å². The second-order valence-electron chi connectivity index (χ2n) is 5.57. The van der Waals surface area contributed by atoms with E-state index in [0.29, 0.717) is 5.92 Å². The van der Waals surface area contributed by atoms with Gasteiger partial charge in [0.2, 0.25) is 0 Å². The molecule has 3 atom stereocenters. The molecule has 0 aromatic carbocycles. The molecule has 0 spiro atoms. The minimum atomic E-state index is 0.148. The van der Waals surface area contributed by atoms with Crippen LogP contribution in [0.4, 0.5) is 0 Å². The lowest BCUT2D eigenvalue weighted by Crippen LogP contribution is -2.29. The van der Waals surface area contributed by atoms with Crippen LogP contribution >= 0.6 is 0 Å². The van der Waals surface area contributed by atoms with Gasteiger partial charge in [-0.3, -0.25) is 5.10 Å². The third-order valence-corrected chi connectivity index (χ3v) is 4.22. The van der Waals surface area contributed by atoms with Crippen LogP contribution in [-0.2, 0) is 11.3 Å². The maximum atomic E-state index is 5.86. The molecule has 3 heterocycles. The van der Waals surface area contributed by atoms with Crippen molar-refractivity contribution in [2.75, 3.05) is 13.2 Å². The van der Waals surface area contributed by atoms with Crippen LogP contribution in [0.2, 0.25) is 0 Å². The molecule has 0 radical (unpaired) electrons. The molecular weight excluding hydrogens is 266 g/mol. The number of nitrogens with one attached hydrogen (secondary N) is 2. The van der Waals surface area contributed by atoms with Gasteiger partial charge in [-0.2, -0.15) is 5.10 Å². The van der Waals surface area contributed by atoms with Crippen LogP contribution in [0.15, 0.2) is 24.8 Å². The van der Waals surface area contributed by atoms with E-state index in [1.165, 1.54) is 0 Å². The number of imidazole rings is 1. The molecule has 0 aliphatic carbocycles. The molecule has 1 aliphatic heterocycles. The van der Waals surface area contributed by atoms with Crippen LogP contribution in [0.5, 0.6) is 0 Å². The lowest BCUT2D eigenvalue weighted by atomic mass is 9.97. The van der Waals surface area contributed by atoms with Crippen molar-refractivity contribution in [2.45, 2.75) is 39.0 Å². The summed E-state index contributed by atoms with van der Waals surface area (Å²) in [6.45, 7) is 6.99. The number of nitrogens with zero attached hydrogens (tertiary/aromatic N) is 3. The summed E-state index contributed by atoms with van der Waals surface area (Å²) in [6, 6.07) is 0.241. The van der Waals surface area contributed by atoms with E-state index in [-0.39, 0.29) is 12.1 Å². The SMILES string of the molecule is CCn1ccnc1C(C)NC[C@H]1CCO[C@@H]1c1cn[nH]c1.